The van der Waals surface area contributed by atoms with E-state index in [0.29, 0.717) is 0 Å². The van der Waals surface area contributed by atoms with E-state index in [1.807, 2.05) is 24.5 Å². The predicted molar refractivity (Wildman–Crippen MR) is 68.3 cm³/mol. The van der Waals surface area contributed by atoms with E-state index in [1.54, 1.807) is 18.7 Å². The molecule has 0 saturated carbocycles. The molecule has 1 aromatic carbocycles. The molecule has 0 N–H and O–H groups in total. The van der Waals surface area contributed by atoms with E-state index >= 15 is 0 Å². The van der Waals surface area contributed by atoms with E-state index in [9.17, 15) is 4.79 Å². The van der Waals surface area contributed by atoms with Gasteiger partial charge >= 0.3 is 0 Å². The van der Waals surface area contributed by atoms with Gasteiger partial charge in [-0.3, -0.25) is 4.79 Å². The Morgan fingerprint density at radius 1 is 1.50 bits per heavy atom. The van der Waals surface area contributed by atoms with Crippen LogP contribution in [0, 0.1) is 0 Å². The van der Waals surface area contributed by atoms with E-state index in [4.69, 9.17) is 0 Å². The molecule has 14 heavy (non-hydrogen) atoms. The maximum Gasteiger partial charge on any atom is 0.147 e. The van der Waals surface area contributed by atoms with Gasteiger partial charge in [-0.05, 0) is 40.7 Å². The molecule has 1 rings (SSSR count). The molecule has 0 fully saturated rings. The first kappa shape index (κ1) is 12.3. The Morgan fingerprint density at radius 2 is 2.14 bits per heavy atom. The molecule has 1 aromatic rings. The van der Waals surface area contributed by atoms with Crippen molar-refractivity contribution in [3.05, 3.63) is 28.2 Å². The number of ketones is 1. The lowest BCUT2D eigenvalue weighted by molar-refractivity contribution is -0.116. The van der Waals surface area contributed by atoms with Crippen LogP contribution in [-0.2, 0) is 4.79 Å². The van der Waals surface area contributed by atoms with Crippen LogP contribution in [0.5, 0.6) is 0 Å². The zero-order chi connectivity index (χ0) is 10.7. The Hall–Kier alpha value is 0.200. The number of hydrogen-bond donors (Lipinski definition) is 0. The second-order valence-electron chi connectivity index (χ2n) is 2.84. The highest BCUT2D eigenvalue weighted by Crippen LogP contribution is 2.35. The van der Waals surface area contributed by atoms with Crippen LogP contribution in [0.1, 0.15) is 17.3 Å². The number of thioether (sulfide) groups is 1. The summed E-state index contributed by atoms with van der Waals surface area (Å²) in [4.78, 5) is 12.1. The number of rotatable bonds is 3. The van der Waals surface area contributed by atoms with Gasteiger partial charge in [0, 0.05) is 9.37 Å². The van der Waals surface area contributed by atoms with Crippen LogP contribution in [0.3, 0.4) is 0 Å². The number of carbonyl (C=O) groups excluding carboxylic acids is 1. The smallest absolute Gasteiger partial charge is 0.147 e. The third-order valence-electron chi connectivity index (χ3n) is 1.84. The summed E-state index contributed by atoms with van der Waals surface area (Å²) in [6, 6.07) is 5.94. The lowest BCUT2D eigenvalue weighted by Crippen LogP contribution is -2.02. The molecule has 0 heterocycles. The summed E-state index contributed by atoms with van der Waals surface area (Å²) in [5.74, 6) is 0.115. The van der Waals surface area contributed by atoms with Crippen LogP contribution in [-0.4, -0.2) is 12.0 Å². The fraction of sp³-hybridized carbons (Fsp3) is 0.300. The average Bonchev–Trinajstić information content (AvgIpc) is 2.17. The molecule has 0 amide bonds. The molecule has 1 unspecified atom stereocenters. The second-order valence-corrected chi connectivity index (χ2v) is 5.39. The Kier molecular flexibility index (Phi) is 4.67. The van der Waals surface area contributed by atoms with Crippen molar-refractivity contribution in [3.8, 4) is 0 Å². The van der Waals surface area contributed by atoms with Gasteiger partial charge in [0.15, 0.2) is 0 Å². The average molecular weight is 338 g/mol. The van der Waals surface area contributed by atoms with E-state index in [0.717, 1.165) is 14.9 Å². The number of hydrogen-bond acceptors (Lipinski definition) is 2. The van der Waals surface area contributed by atoms with Gasteiger partial charge in [0.05, 0.1) is 4.83 Å². The van der Waals surface area contributed by atoms with Crippen LogP contribution in [0.25, 0.3) is 0 Å². The third-order valence-corrected chi connectivity index (χ3v) is 4.91. The Morgan fingerprint density at radius 3 is 2.64 bits per heavy atom. The van der Waals surface area contributed by atoms with Gasteiger partial charge in [-0.25, -0.2) is 0 Å². The molecule has 0 aliphatic heterocycles. The van der Waals surface area contributed by atoms with Gasteiger partial charge in [0.25, 0.3) is 0 Å². The van der Waals surface area contributed by atoms with Crippen molar-refractivity contribution in [2.45, 2.75) is 16.6 Å². The summed E-state index contributed by atoms with van der Waals surface area (Å²) < 4.78 is 1.00. The highest BCUT2D eigenvalue weighted by molar-refractivity contribution is 9.11. The van der Waals surface area contributed by atoms with E-state index < -0.39 is 0 Å². The van der Waals surface area contributed by atoms with Crippen molar-refractivity contribution < 1.29 is 4.79 Å². The molecule has 0 aliphatic carbocycles. The van der Waals surface area contributed by atoms with Gasteiger partial charge in [-0.1, -0.05) is 28.1 Å². The predicted octanol–water partition coefficient (Wildman–Crippen LogP) is 4.20. The molecule has 0 spiro atoms. The minimum absolute atomic E-state index is 0.115. The number of carbonyl (C=O) groups is 1. The SMILES string of the molecule is CSc1cccc(C(Br)C(C)=O)c1Br. The summed E-state index contributed by atoms with van der Waals surface area (Å²) in [6.45, 7) is 1.58. The molecule has 0 radical (unpaired) electrons. The van der Waals surface area contributed by atoms with Crippen LogP contribution >= 0.6 is 43.6 Å². The van der Waals surface area contributed by atoms with Crippen molar-refractivity contribution in [2.75, 3.05) is 6.26 Å². The first-order valence-electron chi connectivity index (χ1n) is 4.05. The maximum absolute atomic E-state index is 11.2. The molecule has 1 atom stereocenters. The van der Waals surface area contributed by atoms with E-state index in [1.165, 1.54) is 0 Å². The summed E-state index contributed by atoms with van der Waals surface area (Å²) >= 11 is 8.54. The van der Waals surface area contributed by atoms with Crippen molar-refractivity contribution in [3.63, 3.8) is 0 Å². The van der Waals surface area contributed by atoms with Crippen LogP contribution in [0.4, 0.5) is 0 Å². The first-order chi connectivity index (χ1) is 6.57. The Labute approximate surface area is 105 Å². The summed E-state index contributed by atoms with van der Waals surface area (Å²) in [6.07, 6.45) is 2.01. The second kappa shape index (κ2) is 5.33. The van der Waals surface area contributed by atoms with Gasteiger partial charge in [0.1, 0.15) is 5.78 Å². The monoisotopic (exact) mass is 336 g/mol. The molecule has 0 aromatic heterocycles. The fourth-order valence-corrected chi connectivity index (χ4v) is 3.28. The topological polar surface area (TPSA) is 17.1 Å². The first-order valence-corrected chi connectivity index (χ1v) is 6.98. The number of Topliss-reactive ketones (excluding diaryl/α,β-unsaturated/α-hetero) is 1. The number of halogens is 2. The zero-order valence-corrected chi connectivity index (χ0v) is 11.9. The minimum atomic E-state index is -0.219. The summed E-state index contributed by atoms with van der Waals surface area (Å²) in [5.41, 5.74) is 0.990. The molecular formula is C10H10Br2OS. The molecule has 1 nitrogen and oxygen atoms in total. The van der Waals surface area contributed by atoms with Crippen molar-refractivity contribution >= 4 is 49.4 Å². The highest BCUT2D eigenvalue weighted by atomic mass is 79.9. The zero-order valence-electron chi connectivity index (χ0n) is 7.88. The van der Waals surface area contributed by atoms with Crippen molar-refractivity contribution in [1.29, 1.82) is 0 Å². The quantitative estimate of drug-likeness (QED) is 0.607. The summed E-state index contributed by atoms with van der Waals surface area (Å²) in [7, 11) is 0. The standard InChI is InChI=1S/C10H10Br2OS/c1-6(13)9(11)7-4-3-5-8(14-2)10(7)12/h3-5,9H,1-2H3. The van der Waals surface area contributed by atoms with Gasteiger partial charge in [-0.2, -0.15) is 0 Å². The van der Waals surface area contributed by atoms with Gasteiger partial charge in [-0.15, -0.1) is 11.8 Å². The normalized spacial score (nSPS) is 12.6. The summed E-state index contributed by atoms with van der Waals surface area (Å²) in [5, 5.41) is 0. The minimum Gasteiger partial charge on any atom is -0.298 e. The lowest BCUT2D eigenvalue weighted by Gasteiger charge is -2.11. The molecule has 4 heteroatoms. The lowest BCUT2D eigenvalue weighted by atomic mass is 10.1. The van der Waals surface area contributed by atoms with Crippen LogP contribution < -0.4 is 0 Å². The maximum atomic E-state index is 11.2. The fourth-order valence-electron chi connectivity index (χ4n) is 1.10. The molecule has 0 aliphatic rings. The highest BCUT2D eigenvalue weighted by Gasteiger charge is 2.16. The molecule has 0 bridgehead atoms. The van der Waals surface area contributed by atoms with Gasteiger partial charge in [0.2, 0.25) is 0 Å². The number of alkyl halides is 1. The van der Waals surface area contributed by atoms with Gasteiger partial charge < -0.3 is 0 Å². The van der Waals surface area contributed by atoms with E-state index in [2.05, 4.69) is 31.9 Å². The molecule has 76 valence electrons. The Bertz CT molecular complexity index is 352. The Balaban J connectivity index is 3.15. The largest absolute Gasteiger partial charge is 0.298 e. The van der Waals surface area contributed by atoms with Crippen LogP contribution in [0.2, 0.25) is 0 Å². The third kappa shape index (κ3) is 2.61. The number of benzene rings is 1. The van der Waals surface area contributed by atoms with E-state index in [-0.39, 0.29) is 10.6 Å². The van der Waals surface area contributed by atoms with Crippen molar-refractivity contribution in [1.82, 2.24) is 0 Å². The molecule has 0 saturated heterocycles. The molecular weight excluding hydrogens is 328 g/mol. The van der Waals surface area contributed by atoms with Crippen molar-refractivity contribution in [2.24, 2.45) is 0 Å². The van der Waals surface area contributed by atoms with Crippen LogP contribution in [0.15, 0.2) is 27.6 Å².